The summed E-state index contributed by atoms with van der Waals surface area (Å²) in [6.45, 7) is 5.90. The predicted molar refractivity (Wildman–Crippen MR) is 56.7 cm³/mol. The zero-order chi connectivity index (χ0) is 11.1. The van der Waals surface area contributed by atoms with E-state index in [9.17, 15) is 4.79 Å². The molecule has 0 fully saturated rings. The van der Waals surface area contributed by atoms with E-state index in [0.717, 1.165) is 12.8 Å². The number of aliphatic hydroxyl groups is 1. The van der Waals surface area contributed by atoms with Gasteiger partial charge in [0.1, 0.15) is 0 Å². The molecule has 0 aromatic rings. The minimum atomic E-state index is -0.586. The number of hydrogen-bond acceptors (Lipinski definition) is 3. The average Bonchev–Trinajstić information content (AvgIpc) is 2.13. The van der Waals surface area contributed by atoms with Crippen LogP contribution in [0.25, 0.3) is 0 Å². The van der Waals surface area contributed by atoms with E-state index in [1.54, 1.807) is 6.92 Å². The summed E-state index contributed by atoms with van der Waals surface area (Å²) in [5.41, 5.74) is 5.57. The van der Waals surface area contributed by atoms with Crippen LogP contribution in [0, 0.1) is 5.92 Å². The molecule has 4 heteroatoms. The van der Waals surface area contributed by atoms with Gasteiger partial charge in [-0.2, -0.15) is 0 Å². The first-order valence-corrected chi connectivity index (χ1v) is 5.20. The zero-order valence-corrected chi connectivity index (χ0v) is 9.29. The lowest BCUT2D eigenvalue weighted by molar-refractivity contribution is -0.124. The van der Waals surface area contributed by atoms with Crippen LogP contribution in [-0.2, 0) is 4.79 Å². The van der Waals surface area contributed by atoms with E-state index < -0.39 is 6.10 Å². The van der Waals surface area contributed by atoms with Crippen molar-refractivity contribution in [2.24, 2.45) is 11.7 Å². The van der Waals surface area contributed by atoms with Gasteiger partial charge in [0.25, 0.3) is 0 Å². The van der Waals surface area contributed by atoms with Crippen LogP contribution in [0.1, 0.15) is 33.6 Å². The molecule has 0 radical (unpaired) electrons. The lowest BCUT2D eigenvalue weighted by Gasteiger charge is -2.17. The molecule has 0 aliphatic carbocycles. The molecule has 0 saturated carbocycles. The Morgan fingerprint density at radius 1 is 1.50 bits per heavy atom. The van der Waals surface area contributed by atoms with Crippen molar-refractivity contribution in [1.82, 2.24) is 5.32 Å². The van der Waals surface area contributed by atoms with Crippen molar-refractivity contribution in [3.8, 4) is 0 Å². The highest BCUT2D eigenvalue weighted by molar-refractivity contribution is 5.78. The van der Waals surface area contributed by atoms with Crippen molar-refractivity contribution in [2.45, 2.75) is 45.8 Å². The van der Waals surface area contributed by atoms with Gasteiger partial charge in [0, 0.05) is 18.5 Å². The summed E-state index contributed by atoms with van der Waals surface area (Å²) in [5.74, 6) is 0.0455. The number of nitrogens with one attached hydrogen (secondary N) is 1. The van der Waals surface area contributed by atoms with Crippen LogP contribution in [0.15, 0.2) is 0 Å². The van der Waals surface area contributed by atoms with Gasteiger partial charge in [0.05, 0.1) is 6.10 Å². The minimum absolute atomic E-state index is 0.0166. The second kappa shape index (κ2) is 6.79. The molecule has 0 bridgehead atoms. The molecule has 14 heavy (non-hydrogen) atoms. The Bertz CT molecular complexity index is 172. The quantitative estimate of drug-likeness (QED) is 0.578. The SMILES string of the molecule is CCCC(C)C(=O)NCC(N)C(C)O. The monoisotopic (exact) mass is 202 g/mol. The maximum atomic E-state index is 11.4. The summed E-state index contributed by atoms with van der Waals surface area (Å²) >= 11 is 0. The third-order valence-corrected chi connectivity index (χ3v) is 2.30. The predicted octanol–water partition coefficient (Wildman–Crippen LogP) is 0.247. The molecular weight excluding hydrogens is 180 g/mol. The smallest absolute Gasteiger partial charge is 0.222 e. The highest BCUT2D eigenvalue weighted by atomic mass is 16.3. The molecule has 0 aliphatic heterocycles. The summed E-state index contributed by atoms with van der Waals surface area (Å²) in [4.78, 5) is 11.4. The fourth-order valence-electron chi connectivity index (χ4n) is 1.13. The Morgan fingerprint density at radius 3 is 2.50 bits per heavy atom. The third kappa shape index (κ3) is 5.19. The zero-order valence-electron chi connectivity index (χ0n) is 9.29. The first-order valence-electron chi connectivity index (χ1n) is 5.20. The van der Waals surface area contributed by atoms with E-state index in [0.29, 0.717) is 6.54 Å². The van der Waals surface area contributed by atoms with Crippen LogP contribution in [0.2, 0.25) is 0 Å². The molecular formula is C10H22N2O2. The standard InChI is InChI=1S/C10H22N2O2/c1-4-5-7(2)10(14)12-6-9(11)8(3)13/h7-9,13H,4-6,11H2,1-3H3,(H,12,14). The van der Waals surface area contributed by atoms with Crippen LogP contribution >= 0.6 is 0 Å². The van der Waals surface area contributed by atoms with E-state index in [1.807, 2.05) is 13.8 Å². The number of carbonyl (C=O) groups excluding carboxylic acids is 1. The van der Waals surface area contributed by atoms with Crippen molar-refractivity contribution < 1.29 is 9.90 Å². The molecule has 0 rings (SSSR count). The molecule has 84 valence electrons. The Morgan fingerprint density at radius 2 is 2.07 bits per heavy atom. The summed E-state index contributed by atoms with van der Waals surface area (Å²) in [6.07, 6.45) is 1.30. The highest BCUT2D eigenvalue weighted by Gasteiger charge is 2.14. The van der Waals surface area contributed by atoms with E-state index in [2.05, 4.69) is 5.32 Å². The fraction of sp³-hybridized carbons (Fsp3) is 0.900. The van der Waals surface area contributed by atoms with E-state index >= 15 is 0 Å². The maximum Gasteiger partial charge on any atom is 0.222 e. The normalized spacial score (nSPS) is 17.2. The summed E-state index contributed by atoms with van der Waals surface area (Å²) < 4.78 is 0. The number of nitrogens with two attached hydrogens (primary N) is 1. The van der Waals surface area contributed by atoms with Crippen LogP contribution in [0.4, 0.5) is 0 Å². The second-order valence-corrected chi connectivity index (χ2v) is 3.84. The molecule has 0 aromatic heterocycles. The van der Waals surface area contributed by atoms with Crippen molar-refractivity contribution in [1.29, 1.82) is 0 Å². The molecule has 4 N–H and O–H groups in total. The molecule has 0 saturated heterocycles. The van der Waals surface area contributed by atoms with Gasteiger partial charge in [-0.05, 0) is 13.3 Å². The Labute approximate surface area is 85.9 Å². The van der Waals surface area contributed by atoms with Crippen molar-refractivity contribution in [3.63, 3.8) is 0 Å². The molecule has 0 spiro atoms. The van der Waals surface area contributed by atoms with E-state index in [4.69, 9.17) is 10.8 Å². The third-order valence-electron chi connectivity index (χ3n) is 2.30. The number of amides is 1. The van der Waals surface area contributed by atoms with Crippen LogP contribution < -0.4 is 11.1 Å². The van der Waals surface area contributed by atoms with Gasteiger partial charge in [0.15, 0.2) is 0 Å². The van der Waals surface area contributed by atoms with Gasteiger partial charge >= 0.3 is 0 Å². The van der Waals surface area contributed by atoms with Crippen LogP contribution in [0.3, 0.4) is 0 Å². The topological polar surface area (TPSA) is 75.4 Å². The molecule has 0 heterocycles. The molecule has 4 nitrogen and oxygen atoms in total. The maximum absolute atomic E-state index is 11.4. The molecule has 0 aliphatic rings. The van der Waals surface area contributed by atoms with Gasteiger partial charge in [-0.1, -0.05) is 20.3 Å². The van der Waals surface area contributed by atoms with E-state index in [1.165, 1.54) is 0 Å². The number of carbonyl (C=O) groups is 1. The Kier molecular flexibility index (Phi) is 6.49. The highest BCUT2D eigenvalue weighted by Crippen LogP contribution is 2.04. The summed E-state index contributed by atoms with van der Waals surface area (Å²) in [5, 5.41) is 11.8. The van der Waals surface area contributed by atoms with E-state index in [-0.39, 0.29) is 17.9 Å². The molecule has 3 atom stereocenters. The molecule has 3 unspecified atom stereocenters. The average molecular weight is 202 g/mol. The molecule has 1 amide bonds. The Hall–Kier alpha value is -0.610. The lowest BCUT2D eigenvalue weighted by atomic mass is 10.1. The first kappa shape index (κ1) is 13.4. The number of aliphatic hydroxyl groups excluding tert-OH is 1. The summed E-state index contributed by atoms with van der Waals surface area (Å²) in [6, 6.07) is -0.382. The van der Waals surface area contributed by atoms with Gasteiger partial charge in [-0.3, -0.25) is 4.79 Å². The largest absolute Gasteiger partial charge is 0.392 e. The van der Waals surface area contributed by atoms with Gasteiger partial charge in [0.2, 0.25) is 5.91 Å². The first-order chi connectivity index (χ1) is 6.49. The number of rotatable bonds is 6. The van der Waals surface area contributed by atoms with Crippen molar-refractivity contribution >= 4 is 5.91 Å². The van der Waals surface area contributed by atoms with Crippen LogP contribution in [-0.4, -0.2) is 29.7 Å². The van der Waals surface area contributed by atoms with Gasteiger partial charge in [-0.15, -0.1) is 0 Å². The number of hydrogen-bond donors (Lipinski definition) is 3. The van der Waals surface area contributed by atoms with Crippen molar-refractivity contribution in [2.75, 3.05) is 6.54 Å². The van der Waals surface area contributed by atoms with Crippen molar-refractivity contribution in [3.05, 3.63) is 0 Å². The summed E-state index contributed by atoms with van der Waals surface area (Å²) in [7, 11) is 0. The van der Waals surface area contributed by atoms with Gasteiger partial charge in [-0.25, -0.2) is 0 Å². The van der Waals surface area contributed by atoms with Gasteiger partial charge < -0.3 is 16.2 Å². The fourth-order valence-corrected chi connectivity index (χ4v) is 1.13. The second-order valence-electron chi connectivity index (χ2n) is 3.84. The lowest BCUT2D eigenvalue weighted by Crippen LogP contribution is -2.44. The molecule has 0 aromatic carbocycles. The Balaban J connectivity index is 3.73. The minimum Gasteiger partial charge on any atom is -0.392 e. The van der Waals surface area contributed by atoms with Crippen LogP contribution in [0.5, 0.6) is 0 Å².